The van der Waals surface area contributed by atoms with Gasteiger partial charge in [0.2, 0.25) is 5.91 Å². The number of nitrogens with one attached hydrogen (secondary N) is 1. The van der Waals surface area contributed by atoms with Gasteiger partial charge in [0.25, 0.3) is 5.69 Å². The quantitative estimate of drug-likeness (QED) is 0.687. The summed E-state index contributed by atoms with van der Waals surface area (Å²) in [4.78, 5) is 21.5. The van der Waals surface area contributed by atoms with Gasteiger partial charge in [-0.1, -0.05) is 12.1 Å². The zero-order chi connectivity index (χ0) is 16.7. The number of amides is 1. The van der Waals surface area contributed by atoms with E-state index in [1.54, 1.807) is 0 Å². The summed E-state index contributed by atoms with van der Waals surface area (Å²) in [6.07, 6.45) is -4.79. The first kappa shape index (κ1) is 16.2. The highest BCUT2D eigenvalue weighted by molar-refractivity contribution is 5.79. The Labute approximate surface area is 124 Å². The number of hydrogen-bond donors (Lipinski definition) is 1. The molecular weight excluding hydrogens is 303 g/mol. The van der Waals surface area contributed by atoms with Crippen LogP contribution < -0.4 is 5.43 Å². The summed E-state index contributed by atoms with van der Waals surface area (Å²) in [6, 6.07) is 2.18. The maximum Gasteiger partial charge on any atom is 0.409 e. The normalized spacial score (nSPS) is 19.8. The molecule has 1 aromatic carbocycles. The van der Waals surface area contributed by atoms with E-state index < -0.39 is 34.3 Å². The topological polar surface area (TPSA) is 75.5 Å². The fourth-order valence-corrected chi connectivity index (χ4v) is 2.51. The van der Waals surface area contributed by atoms with Crippen LogP contribution in [0.3, 0.4) is 0 Å². The molecule has 0 bridgehead atoms. The smallest absolute Gasteiger partial charge is 0.287 e. The van der Waals surface area contributed by atoms with Crippen LogP contribution in [-0.4, -0.2) is 27.6 Å². The predicted molar refractivity (Wildman–Crippen MR) is 70.6 cm³/mol. The number of carbonyl (C=O) groups excluding carboxylic acids is 1. The van der Waals surface area contributed by atoms with E-state index in [0.717, 1.165) is 23.2 Å². The van der Waals surface area contributed by atoms with E-state index in [0.29, 0.717) is 0 Å². The second-order valence-electron chi connectivity index (χ2n) is 5.69. The Morgan fingerprint density at radius 1 is 1.41 bits per heavy atom. The molecule has 1 aliphatic heterocycles. The van der Waals surface area contributed by atoms with Crippen molar-refractivity contribution in [2.75, 3.05) is 0 Å². The Kier molecular flexibility index (Phi) is 3.86. The summed E-state index contributed by atoms with van der Waals surface area (Å²) in [7, 11) is 0. The second-order valence-corrected chi connectivity index (χ2v) is 5.69. The summed E-state index contributed by atoms with van der Waals surface area (Å²) >= 11 is 0. The maximum absolute atomic E-state index is 13.5. The number of hydrazine groups is 1. The lowest BCUT2D eigenvalue weighted by Gasteiger charge is -2.37. The van der Waals surface area contributed by atoms with Crippen LogP contribution in [0.2, 0.25) is 0 Å². The van der Waals surface area contributed by atoms with Crippen LogP contribution >= 0.6 is 0 Å². The molecule has 120 valence electrons. The second kappa shape index (κ2) is 5.24. The molecule has 1 N–H and O–H groups in total. The average molecular weight is 317 g/mol. The molecule has 1 aromatic rings. The lowest BCUT2D eigenvalue weighted by atomic mass is 9.97. The molecule has 0 radical (unpaired) electrons. The van der Waals surface area contributed by atoms with Crippen molar-refractivity contribution >= 4 is 11.6 Å². The number of alkyl halides is 3. The van der Waals surface area contributed by atoms with Gasteiger partial charge in [-0.2, -0.15) is 18.2 Å². The molecule has 2 rings (SSSR count). The third kappa shape index (κ3) is 3.03. The van der Waals surface area contributed by atoms with E-state index in [2.05, 4.69) is 5.43 Å². The van der Waals surface area contributed by atoms with Gasteiger partial charge in [0.05, 0.1) is 4.92 Å². The number of nitrogens with zero attached hydrogens (tertiary/aromatic N) is 2. The van der Waals surface area contributed by atoms with Gasteiger partial charge in [-0.25, -0.2) is 0 Å². The molecule has 0 saturated carbocycles. The van der Waals surface area contributed by atoms with Crippen LogP contribution in [0.15, 0.2) is 24.3 Å². The van der Waals surface area contributed by atoms with E-state index in [-0.39, 0.29) is 12.0 Å². The molecule has 1 saturated heterocycles. The molecule has 1 aliphatic rings. The van der Waals surface area contributed by atoms with Crippen molar-refractivity contribution in [1.82, 2.24) is 10.4 Å². The zero-order valence-corrected chi connectivity index (χ0v) is 11.8. The maximum atomic E-state index is 13.5. The number of non-ortho nitro benzene ring substituents is 1. The fraction of sp³-hybridized carbons (Fsp3) is 0.462. The number of benzene rings is 1. The number of nitro groups is 1. The summed E-state index contributed by atoms with van der Waals surface area (Å²) in [5.41, 5.74) is 0.405. The van der Waals surface area contributed by atoms with Crippen molar-refractivity contribution in [3.05, 3.63) is 39.9 Å². The Bertz CT molecular complexity index is 616. The average Bonchev–Trinajstić information content (AvgIpc) is 2.61. The van der Waals surface area contributed by atoms with Crippen LogP contribution in [-0.2, 0) is 4.79 Å². The lowest BCUT2D eigenvalue weighted by Crippen LogP contribution is -2.51. The molecule has 22 heavy (non-hydrogen) atoms. The minimum absolute atomic E-state index is 0.0888. The first-order valence-corrected chi connectivity index (χ1v) is 6.42. The van der Waals surface area contributed by atoms with Crippen molar-refractivity contribution in [2.45, 2.75) is 38.0 Å². The lowest BCUT2D eigenvalue weighted by molar-refractivity contribution is -0.385. The van der Waals surface area contributed by atoms with Crippen molar-refractivity contribution in [1.29, 1.82) is 0 Å². The Balaban J connectivity index is 2.50. The molecule has 0 spiro atoms. The van der Waals surface area contributed by atoms with Crippen LogP contribution in [0.1, 0.15) is 31.9 Å². The van der Waals surface area contributed by atoms with Crippen LogP contribution in [0.5, 0.6) is 0 Å². The largest absolute Gasteiger partial charge is 0.409 e. The monoisotopic (exact) mass is 317 g/mol. The van der Waals surface area contributed by atoms with Gasteiger partial charge in [0.1, 0.15) is 0 Å². The van der Waals surface area contributed by atoms with Gasteiger partial charge in [-0.05, 0) is 19.4 Å². The molecule has 0 aliphatic carbocycles. The number of carbonyl (C=O) groups is 1. The Hall–Kier alpha value is -2.16. The molecule has 1 amide bonds. The van der Waals surface area contributed by atoms with Crippen LogP contribution in [0.4, 0.5) is 18.9 Å². The molecule has 6 nitrogen and oxygen atoms in total. The Morgan fingerprint density at radius 2 is 2.05 bits per heavy atom. The summed E-state index contributed by atoms with van der Waals surface area (Å²) < 4.78 is 40.5. The summed E-state index contributed by atoms with van der Waals surface area (Å²) in [5, 5.41) is 11.6. The number of hydrogen-bond acceptors (Lipinski definition) is 4. The van der Waals surface area contributed by atoms with Gasteiger partial charge < -0.3 is 0 Å². The SMILES string of the molecule is CC1(C)CC(=O)NN1[C@@H](c1cccc([N+](=O)[O-])c1)C(F)(F)F. The van der Waals surface area contributed by atoms with Crippen LogP contribution in [0, 0.1) is 10.1 Å². The van der Waals surface area contributed by atoms with Gasteiger partial charge in [-0.15, -0.1) is 0 Å². The molecular formula is C13H14F3N3O3. The van der Waals surface area contributed by atoms with Crippen molar-refractivity contribution in [2.24, 2.45) is 0 Å². The van der Waals surface area contributed by atoms with E-state index >= 15 is 0 Å². The van der Waals surface area contributed by atoms with Gasteiger partial charge in [-0.3, -0.25) is 20.3 Å². The van der Waals surface area contributed by atoms with Gasteiger partial charge >= 0.3 is 6.18 Å². The third-order valence-electron chi connectivity index (χ3n) is 3.46. The van der Waals surface area contributed by atoms with E-state index in [1.807, 2.05) is 0 Å². The van der Waals surface area contributed by atoms with Crippen molar-refractivity contribution in [3.8, 4) is 0 Å². The third-order valence-corrected chi connectivity index (χ3v) is 3.46. The summed E-state index contributed by atoms with van der Waals surface area (Å²) in [6.45, 7) is 3.00. The Morgan fingerprint density at radius 3 is 2.50 bits per heavy atom. The molecule has 9 heteroatoms. The minimum Gasteiger partial charge on any atom is -0.287 e. The van der Waals surface area contributed by atoms with Crippen molar-refractivity contribution < 1.29 is 22.9 Å². The highest BCUT2D eigenvalue weighted by Crippen LogP contribution is 2.43. The van der Waals surface area contributed by atoms with E-state index in [9.17, 15) is 28.1 Å². The first-order chi connectivity index (χ1) is 10.0. The standard InChI is InChI=1S/C13H14F3N3O3/c1-12(2)7-10(20)17-18(12)11(13(14,15)16)8-4-3-5-9(6-8)19(21)22/h3-6,11H,7H2,1-2H3,(H,17,20)/t11-/m0/s1. The minimum atomic E-state index is -4.70. The predicted octanol–water partition coefficient (Wildman–Crippen LogP) is 2.71. The van der Waals surface area contributed by atoms with Gasteiger partial charge in [0, 0.05) is 24.1 Å². The highest BCUT2D eigenvalue weighted by Gasteiger charge is 2.53. The molecule has 0 aromatic heterocycles. The molecule has 1 heterocycles. The molecule has 1 atom stereocenters. The van der Waals surface area contributed by atoms with E-state index in [1.165, 1.54) is 19.9 Å². The van der Waals surface area contributed by atoms with Gasteiger partial charge in [0.15, 0.2) is 6.04 Å². The fourth-order valence-electron chi connectivity index (χ4n) is 2.51. The van der Waals surface area contributed by atoms with E-state index in [4.69, 9.17) is 0 Å². The highest BCUT2D eigenvalue weighted by atomic mass is 19.4. The number of halogens is 3. The number of rotatable bonds is 3. The first-order valence-electron chi connectivity index (χ1n) is 6.42. The number of nitro benzene ring substituents is 1. The molecule has 1 fully saturated rings. The zero-order valence-electron chi connectivity index (χ0n) is 11.8. The van der Waals surface area contributed by atoms with Crippen molar-refractivity contribution in [3.63, 3.8) is 0 Å². The molecule has 0 unspecified atom stereocenters. The van der Waals surface area contributed by atoms with Crippen LogP contribution in [0.25, 0.3) is 0 Å². The summed E-state index contributed by atoms with van der Waals surface area (Å²) in [5.74, 6) is -0.523.